The molecule has 4 aliphatic rings. The lowest BCUT2D eigenvalue weighted by molar-refractivity contribution is -0.137. The Labute approximate surface area is 238 Å². The third kappa shape index (κ3) is 4.73. The molecule has 7 rings (SSSR count). The summed E-state index contributed by atoms with van der Waals surface area (Å²) in [5.74, 6) is 0.727. The average Bonchev–Trinajstić information content (AvgIpc) is 3.37. The molecule has 5 heterocycles. The van der Waals surface area contributed by atoms with Crippen molar-refractivity contribution in [3.05, 3.63) is 46.5 Å². The summed E-state index contributed by atoms with van der Waals surface area (Å²) >= 11 is 2.61. The van der Waals surface area contributed by atoms with Gasteiger partial charge in [0, 0.05) is 66.0 Å². The van der Waals surface area contributed by atoms with Gasteiger partial charge in [-0.1, -0.05) is 6.92 Å². The van der Waals surface area contributed by atoms with Crippen LogP contribution in [0.4, 0.5) is 30.5 Å². The van der Waals surface area contributed by atoms with E-state index in [-0.39, 0.29) is 23.6 Å². The van der Waals surface area contributed by atoms with Gasteiger partial charge in [-0.25, -0.2) is 9.97 Å². The number of alkyl halides is 3. The third-order valence-electron chi connectivity index (χ3n) is 8.16. The molecule has 40 heavy (non-hydrogen) atoms. The first-order valence-electron chi connectivity index (χ1n) is 13.7. The summed E-state index contributed by atoms with van der Waals surface area (Å²) in [6.07, 6.45) is 0.0822. The fourth-order valence-electron chi connectivity index (χ4n) is 5.98. The van der Waals surface area contributed by atoms with Crippen molar-refractivity contribution in [2.24, 2.45) is 0 Å². The maximum atomic E-state index is 14.1. The first-order valence-corrected chi connectivity index (χ1v) is 15.5. The van der Waals surface area contributed by atoms with E-state index in [2.05, 4.69) is 44.6 Å². The number of nitrogens with one attached hydrogen (secondary N) is 2. The summed E-state index contributed by atoms with van der Waals surface area (Å²) in [7, 11) is 0. The van der Waals surface area contributed by atoms with Crippen molar-refractivity contribution in [2.45, 2.75) is 61.8 Å². The summed E-state index contributed by atoms with van der Waals surface area (Å²) in [4.78, 5) is 27.5. The van der Waals surface area contributed by atoms with Crippen LogP contribution in [0.15, 0.2) is 35.4 Å². The van der Waals surface area contributed by atoms with E-state index in [0.29, 0.717) is 28.4 Å². The summed E-state index contributed by atoms with van der Waals surface area (Å²) in [6.45, 7) is 4.69. The topological polar surface area (TPSA) is 73.4 Å². The average molecular weight is 587 g/mol. The lowest BCUT2D eigenvalue weighted by atomic mass is 10.1. The Morgan fingerprint density at radius 1 is 1.18 bits per heavy atom. The highest BCUT2D eigenvalue weighted by Crippen LogP contribution is 2.44. The predicted octanol–water partition coefficient (Wildman–Crippen LogP) is 5.79. The second-order valence-corrected chi connectivity index (χ2v) is 13.0. The van der Waals surface area contributed by atoms with Gasteiger partial charge >= 0.3 is 6.18 Å². The van der Waals surface area contributed by atoms with Gasteiger partial charge in [-0.3, -0.25) is 4.79 Å². The Balaban J connectivity index is 1.21. The van der Waals surface area contributed by atoms with Crippen LogP contribution in [0.3, 0.4) is 0 Å². The zero-order valence-corrected chi connectivity index (χ0v) is 23.6. The van der Waals surface area contributed by atoms with Crippen molar-refractivity contribution < 1.29 is 18.0 Å². The zero-order valence-electron chi connectivity index (χ0n) is 21.9. The maximum Gasteiger partial charge on any atom is 0.420 e. The Morgan fingerprint density at radius 3 is 2.73 bits per heavy atom. The molecule has 3 fully saturated rings. The molecule has 2 saturated heterocycles. The van der Waals surface area contributed by atoms with Crippen LogP contribution in [0.1, 0.15) is 47.0 Å². The van der Waals surface area contributed by atoms with Gasteiger partial charge in [-0.2, -0.15) is 13.2 Å². The molecule has 3 aliphatic heterocycles. The van der Waals surface area contributed by atoms with E-state index >= 15 is 0 Å². The van der Waals surface area contributed by atoms with Crippen LogP contribution in [0, 0.1) is 0 Å². The van der Waals surface area contributed by atoms with Gasteiger partial charge in [0.25, 0.3) is 5.91 Å². The molecule has 7 nitrogen and oxygen atoms in total. The third-order valence-corrected chi connectivity index (χ3v) is 10.4. The predicted molar refractivity (Wildman–Crippen MR) is 152 cm³/mol. The van der Waals surface area contributed by atoms with Gasteiger partial charge < -0.3 is 20.4 Å². The van der Waals surface area contributed by atoms with E-state index < -0.39 is 11.7 Å². The van der Waals surface area contributed by atoms with Gasteiger partial charge in [0.1, 0.15) is 10.4 Å². The molecule has 2 atom stereocenters. The number of anilines is 3. The molecule has 1 amide bonds. The lowest BCUT2D eigenvalue weighted by Gasteiger charge is -2.30. The fourth-order valence-corrected chi connectivity index (χ4v) is 8.29. The normalized spacial score (nSPS) is 22.6. The van der Waals surface area contributed by atoms with Crippen LogP contribution in [0.25, 0.3) is 10.6 Å². The van der Waals surface area contributed by atoms with Gasteiger partial charge in [0.15, 0.2) is 0 Å². The monoisotopic (exact) mass is 586 g/mol. The molecule has 210 valence electrons. The van der Waals surface area contributed by atoms with Gasteiger partial charge in [-0.05, 0) is 55.5 Å². The van der Waals surface area contributed by atoms with E-state index in [1.807, 2.05) is 11.0 Å². The number of aromatic nitrogens is 2. The highest BCUT2D eigenvalue weighted by molar-refractivity contribution is 7.99. The van der Waals surface area contributed by atoms with E-state index in [0.717, 1.165) is 83.9 Å². The van der Waals surface area contributed by atoms with Crippen molar-refractivity contribution in [2.75, 3.05) is 35.6 Å². The zero-order chi connectivity index (χ0) is 27.6. The van der Waals surface area contributed by atoms with Gasteiger partial charge in [0.05, 0.1) is 10.6 Å². The quantitative estimate of drug-likeness (QED) is 0.379. The van der Waals surface area contributed by atoms with E-state index in [9.17, 15) is 18.0 Å². The van der Waals surface area contributed by atoms with Crippen molar-refractivity contribution in [3.8, 4) is 10.6 Å². The highest BCUT2D eigenvalue weighted by atomic mass is 32.2. The number of aryl methyl sites for hydroxylation is 1. The number of thiophene rings is 1. The minimum absolute atomic E-state index is 0.0885. The number of halogens is 3. The Bertz CT molecular complexity index is 1470. The number of nitrogens with zero attached hydrogens (tertiary/aromatic N) is 4. The van der Waals surface area contributed by atoms with Gasteiger partial charge in [0.2, 0.25) is 5.95 Å². The number of hydrogen-bond donors (Lipinski definition) is 2. The fraction of sp³-hybridized carbons (Fsp3) is 0.464. The minimum Gasteiger partial charge on any atom is -0.366 e. The highest BCUT2D eigenvalue weighted by Gasteiger charge is 2.40. The van der Waals surface area contributed by atoms with Crippen LogP contribution < -0.4 is 15.5 Å². The van der Waals surface area contributed by atoms with Crippen molar-refractivity contribution in [3.63, 3.8) is 0 Å². The van der Waals surface area contributed by atoms with Crippen LogP contribution >= 0.6 is 23.1 Å². The van der Waals surface area contributed by atoms with Crippen molar-refractivity contribution in [1.82, 2.24) is 20.2 Å². The Morgan fingerprint density at radius 2 is 2.02 bits per heavy atom. The maximum absolute atomic E-state index is 14.1. The lowest BCUT2D eigenvalue weighted by Crippen LogP contribution is -2.43. The molecule has 1 saturated carbocycles. The first kappa shape index (κ1) is 26.1. The molecule has 12 heteroatoms. The van der Waals surface area contributed by atoms with Crippen LogP contribution in [0.2, 0.25) is 0 Å². The number of fused-ring (bicyclic) bond motifs is 3. The van der Waals surface area contributed by atoms with Gasteiger partial charge in [-0.15, -0.1) is 23.1 Å². The second-order valence-electron chi connectivity index (χ2n) is 10.8. The number of carbonyl (C=O) groups excluding carboxylic acids is 1. The molecular formula is C28H29F3N6OS2. The summed E-state index contributed by atoms with van der Waals surface area (Å²) in [6, 6.07) is 9.13. The van der Waals surface area contributed by atoms with Crippen LogP contribution in [0.5, 0.6) is 0 Å². The molecule has 1 unspecified atom stereocenters. The van der Waals surface area contributed by atoms with E-state index in [1.165, 1.54) is 11.8 Å². The molecule has 2 aromatic heterocycles. The number of amides is 1. The minimum atomic E-state index is -4.63. The number of rotatable bonds is 6. The molecule has 0 spiro atoms. The summed E-state index contributed by atoms with van der Waals surface area (Å²) in [5.41, 5.74) is 1.86. The van der Waals surface area contributed by atoms with E-state index in [1.54, 1.807) is 6.07 Å². The second kappa shape index (κ2) is 9.92. The molecule has 1 aliphatic carbocycles. The molecule has 2 bridgehead atoms. The summed E-state index contributed by atoms with van der Waals surface area (Å²) in [5, 5.41) is 6.70. The Hall–Kier alpha value is -2.83. The van der Waals surface area contributed by atoms with Crippen molar-refractivity contribution in [1.29, 1.82) is 0 Å². The number of carbonyl (C=O) groups is 1. The number of benzene rings is 1. The van der Waals surface area contributed by atoms with E-state index in [4.69, 9.17) is 0 Å². The summed E-state index contributed by atoms with van der Waals surface area (Å²) < 4.78 is 42.3. The smallest absolute Gasteiger partial charge is 0.366 e. The van der Waals surface area contributed by atoms with Crippen LogP contribution in [-0.4, -0.2) is 64.3 Å². The molecule has 0 radical (unpaired) electrons. The number of hydrogen-bond acceptors (Lipinski definition) is 8. The van der Waals surface area contributed by atoms with Crippen LogP contribution in [-0.2, 0) is 12.6 Å². The van der Waals surface area contributed by atoms with Crippen molar-refractivity contribution >= 4 is 46.3 Å². The first-order chi connectivity index (χ1) is 19.3. The molecule has 1 aromatic carbocycles. The number of thioether (sulfide) groups is 1. The standard InChI is InChI=1S/C28H29F3N6OS2/c1-2-15-9-18(37-14-16-10-19(37)12-32-16)5-6-21(15)34-27-33-13-20(28(29,30)31)24(35-27)22-11-23-25(40-22)26(38)36(7-8-39-23)17-3-4-17/h5-6,9,11,13,16-17,19,32H,2-4,7-8,10,12,14H2,1H3,(H,33,34,35)/t16?,19-/m1/s1. The largest absolute Gasteiger partial charge is 0.420 e. The molecular weight excluding hydrogens is 557 g/mol. The number of piperazine rings is 1. The SMILES string of the molecule is CCc1cc(N2CC3C[C@@H]2CN3)ccc1Nc1ncc(C(F)(F)F)c(-c2cc3c(s2)C(=O)N(C2CC2)CCS3)n1. The Kier molecular flexibility index (Phi) is 6.47. The molecule has 3 aromatic rings. The molecule has 2 N–H and O–H groups in total.